The van der Waals surface area contributed by atoms with Crippen molar-refractivity contribution in [1.29, 1.82) is 0 Å². The Balaban J connectivity index is 2.60. The minimum Gasteiger partial charge on any atom is -0.431 e. The zero-order valence-electron chi connectivity index (χ0n) is 12.3. The van der Waals surface area contributed by atoms with Crippen molar-refractivity contribution in [1.82, 2.24) is 0 Å². The van der Waals surface area contributed by atoms with Crippen molar-refractivity contribution in [3.8, 4) is 11.8 Å². The quantitative estimate of drug-likeness (QED) is 0.330. The van der Waals surface area contributed by atoms with E-state index in [1.165, 1.54) is 19.8 Å². The molecule has 0 aliphatic heterocycles. The summed E-state index contributed by atoms with van der Waals surface area (Å²) in [7, 11) is 0. The van der Waals surface area contributed by atoms with Gasteiger partial charge < -0.3 is 4.74 Å². The predicted molar refractivity (Wildman–Crippen MR) is 81.9 cm³/mol. The van der Waals surface area contributed by atoms with Crippen molar-refractivity contribution < 1.29 is 9.53 Å². The number of rotatable bonds is 6. The van der Waals surface area contributed by atoms with E-state index < -0.39 is 0 Å². The van der Waals surface area contributed by atoms with Crippen molar-refractivity contribution in [2.24, 2.45) is 0 Å². The van der Waals surface area contributed by atoms with Crippen molar-refractivity contribution in [3.05, 3.63) is 47.7 Å². The lowest BCUT2D eigenvalue weighted by atomic mass is 10.1. The molecule has 0 aromatic heterocycles. The van der Waals surface area contributed by atoms with Crippen LogP contribution in [0.25, 0.3) is 0 Å². The molecule has 106 valence electrons. The Bertz CT molecular complexity index is 489. The zero-order chi connectivity index (χ0) is 14.6. The van der Waals surface area contributed by atoms with E-state index in [-0.39, 0.29) is 5.97 Å². The molecule has 1 rings (SSSR count). The van der Waals surface area contributed by atoms with Crippen LogP contribution in [0, 0.1) is 11.8 Å². The number of unbranched alkanes of at least 4 members (excludes halogenated alkanes) is 3. The molecule has 0 unspecified atom stereocenters. The fourth-order valence-corrected chi connectivity index (χ4v) is 1.78. The normalized spacial score (nSPS) is 10.6. The van der Waals surface area contributed by atoms with Crippen LogP contribution in [0.1, 0.15) is 51.5 Å². The van der Waals surface area contributed by atoms with Gasteiger partial charge in [0.1, 0.15) is 5.76 Å². The summed E-state index contributed by atoms with van der Waals surface area (Å²) >= 11 is 0. The summed E-state index contributed by atoms with van der Waals surface area (Å²) in [6, 6.07) is 9.76. The Labute approximate surface area is 121 Å². The molecule has 0 saturated heterocycles. The minimum atomic E-state index is -0.284. The van der Waals surface area contributed by atoms with Gasteiger partial charge in [0, 0.05) is 25.0 Å². The fourth-order valence-electron chi connectivity index (χ4n) is 1.78. The van der Waals surface area contributed by atoms with E-state index in [9.17, 15) is 4.79 Å². The molecule has 20 heavy (non-hydrogen) atoms. The number of hydrogen-bond acceptors (Lipinski definition) is 2. The highest BCUT2D eigenvalue weighted by atomic mass is 16.5. The molecule has 2 heteroatoms. The van der Waals surface area contributed by atoms with Gasteiger partial charge >= 0.3 is 5.97 Å². The Morgan fingerprint density at radius 1 is 1.20 bits per heavy atom. The van der Waals surface area contributed by atoms with E-state index in [1.54, 1.807) is 6.08 Å². The van der Waals surface area contributed by atoms with Gasteiger partial charge in [0.15, 0.2) is 0 Å². The van der Waals surface area contributed by atoms with E-state index in [2.05, 4.69) is 18.8 Å². The van der Waals surface area contributed by atoms with Gasteiger partial charge in [-0.3, -0.25) is 4.79 Å². The van der Waals surface area contributed by atoms with Crippen LogP contribution in [0.2, 0.25) is 0 Å². The summed E-state index contributed by atoms with van der Waals surface area (Å²) < 4.78 is 5.19. The van der Waals surface area contributed by atoms with Crippen LogP contribution in [0.4, 0.5) is 0 Å². The van der Waals surface area contributed by atoms with E-state index in [4.69, 9.17) is 4.74 Å². The second-order valence-corrected chi connectivity index (χ2v) is 4.65. The second-order valence-electron chi connectivity index (χ2n) is 4.65. The first-order valence-electron chi connectivity index (χ1n) is 7.16. The molecule has 0 fully saturated rings. The molecule has 0 amide bonds. The first-order valence-corrected chi connectivity index (χ1v) is 7.16. The molecule has 0 spiro atoms. The number of ether oxygens (including phenoxy) is 1. The Hall–Kier alpha value is -2.01. The third-order valence-corrected chi connectivity index (χ3v) is 2.78. The fraction of sp³-hybridized carbons (Fsp3) is 0.389. The van der Waals surface area contributed by atoms with Gasteiger partial charge in [-0.1, -0.05) is 56.2 Å². The Morgan fingerprint density at radius 2 is 1.95 bits per heavy atom. The molecule has 0 heterocycles. The summed E-state index contributed by atoms with van der Waals surface area (Å²) in [5.74, 6) is 6.37. The van der Waals surface area contributed by atoms with E-state index in [0.29, 0.717) is 5.76 Å². The molecule has 0 radical (unpaired) electrons. The Kier molecular flexibility index (Phi) is 7.91. The molecular weight excluding hydrogens is 248 g/mol. The molecule has 1 aromatic rings. The first-order chi connectivity index (χ1) is 9.72. The van der Waals surface area contributed by atoms with Crippen molar-refractivity contribution in [2.45, 2.75) is 46.0 Å². The molecule has 0 saturated carbocycles. The number of allylic oxidation sites excluding steroid dienone is 2. The zero-order valence-corrected chi connectivity index (χ0v) is 12.3. The van der Waals surface area contributed by atoms with Crippen molar-refractivity contribution in [2.75, 3.05) is 0 Å². The van der Waals surface area contributed by atoms with Crippen LogP contribution in [0.15, 0.2) is 42.2 Å². The average Bonchev–Trinajstić information content (AvgIpc) is 2.44. The van der Waals surface area contributed by atoms with Crippen molar-refractivity contribution in [3.63, 3.8) is 0 Å². The maximum absolute atomic E-state index is 11.1. The molecule has 0 aliphatic carbocycles. The topological polar surface area (TPSA) is 26.3 Å². The lowest BCUT2D eigenvalue weighted by Crippen LogP contribution is -1.99. The summed E-state index contributed by atoms with van der Waals surface area (Å²) in [6.07, 6.45) is 7.06. The summed E-state index contributed by atoms with van der Waals surface area (Å²) in [6.45, 7) is 3.60. The highest BCUT2D eigenvalue weighted by Crippen LogP contribution is 2.11. The van der Waals surface area contributed by atoms with Crippen LogP contribution in [0.5, 0.6) is 0 Å². The predicted octanol–water partition coefficient (Wildman–Crippen LogP) is 4.46. The van der Waals surface area contributed by atoms with Crippen LogP contribution >= 0.6 is 0 Å². The lowest BCUT2D eigenvalue weighted by molar-refractivity contribution is -0.137. The first kappa shape index (κ1) is 16.0. The second kappa shape index (κ2) is 9.86. The van der Waals surface area contributed by atoms with Gasteiger partial charge in [0.05, 0.1) is 0 Å². The SMILES string of the molecule is CCCCCC/C(=C/C#Cc1ccccc1)OC(C)=O. The van der Waals surface area contributed by atoms with Crippen LogP contribution in [-0.2, 0) is 9.53 Å². The number of hydrogen-bond donors (Lipinski definition) is 0. The standard InChI is InChI=1S/C18H22O2/c1-3-4-5-9-14-18(20-16(2)19)15-10-13-17-11-7-6-8-12-17/h6-8,11-12,15H,3-5,9,14H2,1-2H3/b18-15-. The highest BCUT2D eigenvalue weighted by Gasteiger charge is 2.01. The van der Waals surface area contributed by atoms with Gasteiger partial charge in [-0.25, -0.2) is 0 Å². The molecular formula is C18H22O2. The van der Waals surface area contributed by atoms with E-state index >= 15 is 0 Å². The van der Waals surface area contributed by atoms with Gasteiger partial charge in [-0.2, -0.15) is 0 Å². The maximum Gasteiger partial charge on any atom is 0.307 e. The van der Waals surface area contributed by atoms with E-state index in [0.717, 1.165) is 24.8 Å². The maximum atomic E-state index is 11.1. The minimum absolute atomic E-state index is 0.284. The van der Waals surface area contributed by atoms with Crippen molar-refractivity contribution >= 4 is 5.97 Å². The molecule has 0 N–H and O–H groups in total. The van der Waals surface area contributed by atoms with Gasteiger partial charge in [0.25, 0.3) is 0 Å². The highest BCUT2D eigenvalue weighted by molar-refractivity contribution is 5.67. The van der Waals surface area contributed by atoms with Gasteiger partial charge in [0.2, 0.25) is 0 Å². The lowest BCUT2D eigenvalue weighted by Gasteiger charge is -2.05. The van der Waals surface area contributed by atoms with Gasteiger partial charge in [-0.15, -0.1) is 0 Å². The summed E-state index contributed by atoms with van der Waals surface area (Å²) in [5.41, 5.74) is 0.955. The molecule has 1 aromatic carbocycles. The molecule has 0 aliphatic rings. The van der Waals surface area contributed by atoms with Crippen LogP contribution < -0.4 is 0 Å². The summed E-state index contributed by atoms with van der Waals surface area (Å²) in [4.78, 5) is 11.1. The Morgan fingerprint density at radius 3 is 2.60 bits per heavy atom. The molecule has 0 bridgehead atoms. The third kappa shape index (κ3) is 7.43. The smallest absolute Gasteiger partial charge is 0.307 e. The summed E-state index contributed by atoms with van der Waals surface area (Å²) in [5, 5.41) is 0. The number of carbonyl (C=O) groups excluding carboxylic acids is 1. The van der Waals surface area contributed by atoms with E-state index in [1.807, 2.05) is 30.3 Å². The molecule has 2 nitrogen and oxygen atoms in total. The largest absolute Gasteiger partial charge is 0.431 e. The van der Waals surface area contributed by atoms with Gasteiger partial charge in [-0.05, 0) is 18.6 Å². The third-order valence-electron chi connectivity index (χ3n) is 2.78. The average molecular weight is 270 g/mol. The number of carbonyl (C=O) groups is 1. The number of esters is 1. The van der Waals surface area contributed by atoms with Crippen LogP contribution in [0.3, 0.4) is 0 Å². The number of benzene rings is 1. The monoisotopic (exact) mass is 270 g/mol. The molecule has 0 atom stereocenters. The van der Waals surface area contributed by atoms with Crippen LogP contribution in [-0.4, -0.2) is 5.97 Å².